The number of nitrogens with one attached hydrogen (secondary N) is 1. The third-order valence-electron chi connectivity index (χ3n) is 5.38. The average Bonchev–Trinajstić information content (AvgIpc) is 3.07. The highest BCUT2D eigenvalue weighted by Crippen LogP contribution is 2.17. The number of ether oxygens (including phenoxy) is 1. The fourth-order valence-corrected chi connectivity index (χ4v) is 3.94. The van der Waals surface area contributed by atoms with Crippen molar-refractivity contribution in [2.24, 2.45) is 5.92 Å². The number of fused-ring (bicyclic) bond motifs is 1. The topological polar surface area (TPSA) is 62.6 Å². The molecule has 3 heterocycles. The monoisotopic (exact) mass is 363 g/mol. The zero-order valence-corrected chi connectivity index (χ0v) is 16.2. The van der Waals surface area contributed by atoms with Crippen LogP contribution in [0.5, 0.6) is 0 Å². The first-order chi connectivity index (χ1) is 12.7. The van der Waals surface area contributed by atoms with Gasteiger partial charge in [-0.3, -0.25) is 9.58 Å². The van der Waals surface area contributed by atoms with Crippen LogP contribution in [-0.4, -0.2) is 65.5 Å². The number of unbranched alkanes of at least 4 members (excludes halogenated alkanes) is 1. The summed E-state index contributed by atoms with van der Waals surface area (Å²) in [7, 11) is 1.73. The Morgan fingerprint density at radius 1 is 1.38 bits per heavy atom. The summed E-state index contributed by atoms with van der Waals surface area (Å²) >= 11 is 0. The van der Waals surface area contributed by atoms with E-state index in [2.05, 4.69) is 33.0 Å². The largest absolute Gasteiger partial charge is 0.384 e. The van der Waals surface area contributed by atoms with E-state index >= 15 is 0 Å². The van der Waals surface area contributed by atoms with Gasteiger partial charge in [-0.2, -0.15) is 5.10 Å². The number of aromatic nitrogens is 2. The summed E-state index contributed by atoms with van der Waals surface area (Å²) in [6.45, 7) is 9.20. The highest BCUT2D eigenvalue weighted by Gasteiger charge is 2.24. The van der Waals surface area contributed by atoms with E-state index in [-0.39, 0.29) is 6.03 Å². The summed E-state index contributed by atoms with van der Waals surface area (Å²) in [5.41, 5.74) is 2.21. The van der Waals surface area contributed by atoms with Crippen LogP contribution in [0.3, 0.4) is 0 Å². The van der Waals surface area contributed by atoms with E-state index in [1.807, 2.05) is 4.90 Å². The number of hydrogen-bond donors (Lipinski definition) is 1. The quantitative estimate of drug-likeness (QED) is 0.806. The van der Waals surface area contributed by atoms with E-state index in [0.717, 1.165) is 64.4 Å². The van der Waals surface area contributed by atoms with Gasteiger partial charge in [0.1, 0.15) is 0 Å². The van der Waals surface area contributed by atoms with Crippen LogP contribution in [0, 0.1) is 5.92 Å². The Hall–Kier alpha value is -1.60. The lowest BCUT2D eigenvalue weighted by atomic mass is 9.99. The maximum Gasteiger partial charge on any atom is 0.317 e. The first-order valence-corrected chi connectivity index (χ1v) is 9.99. The molecule has 1 aromatic rings. The molecule has 0 aromatic carbocycles. The van der Waals surface area contributed by atoms with Crippen molar-refractivity contribution in [1.82, 2.24) is 24.9 Å². The average molecular weight is 364 g/mol. The van der Waals surface area contributed by atoms with Crippen LogP contribution in [0.4, 0.5) is 4.79 Å². The Morgan fingerprint density at radius 3 is 3.08 bits per heavy atom. The molecule has 7 heteroatoms. The lowest BCUT2D eigenvalue weighted by Crippen LogP contribution is -2.46. The van der Waals surface area contributed by atoms with Gasteiger partial charge in [-0.15, -0.1) is 0 Å². The Morgan fingerprint density at radius 2 is 2.27 bits per heavy atom. The molecule has 1 N–H and O–H groups in total. The van der Waals surface area contributed by atoms with Gasteiger partial charge in [0.15, 0.2) is 0 Å². The van der Waals surface area contributed by atoms with Crippen molar-refractivity contribution in [1.29, 1.82) is 0 Å². The summed E-state index contributed by atoms with van der Waals surface area (Å²) in [6.07, 6.45) is 4.67. The standard InChI is InChI=1S/C19H33N5O2/c1-3-4-7-22-9-10-24-18(14-22)11-17(21-24)12-20-19(25)23-8-5-6-16(13-23)15-26-2/h11,16H,3-10,12-15H2,1-2H3,(H,20,25)/t16-/m0/s1. The van der Waals surface area contributed by atoms with Gasteiger partial charge in [-0.05, 0) is 31.9 Å². The molecule has 0 spiro atoms. The molecule has 1 atom stereocenters. The number of rotatable bonds is 7. The predicted molar refractivity (Wildman–Crippen MR) is 101 cm³/mol. The van der Waals surface area contributed by atoms with Gasteiger partial charge in [-0.1, -0.05) is 13.3 Å². The van der Waals surface area contributed by atoms with E-state index in [9.17, 15) is 4.79 Å². The van der Waals surface area contributed by atoms with Crippen molar-refractivity contribution in [2.45, 2.75) is 52.2 Å². The summed E-state index contributed by atoms with van der Waals surface area (Å²) in [6, 6.07) is 2.16. The molecular weight excluding hydrogens is 330 g/mol. The zero-order chi connectivity index (χ0) is 18.4. The Labute approximate surface area is 156 Å². The first kappa shape index (κ1) is 19.2. The van der Waals surface area contributed by atoms with Crippen LogP contribution < -0.4 is 5.32 Å². The number of urea groups is 1. The number of nitrogens with zero attached hydrogens (tertiary/aromatic N) is 4. The number of hydrogen-bond acceptors (Lipinski definition) is 4. The maximum absolute atomic E-state index is 12.5. The van der Waals surface area contributed by atoms with Crippen molar-refractivity contribution in [3.63, 3.8) is 0 Å². The molecule has 1 aromatic heterocycles. The molecule has 0 saturated carbocycles. The molecule has 2 amide bonds. The second-order valence-corrected chi connectivity index (χ2v) is 7.55. The maximum atomic E-state index is 12.5. The van der Waals surface area contributed by atoms with E-state index in [1.165, 1.54) is 18.5 Å². The second kappa shape index (κ2) is 9.37. The van der Waals surface area contributed by atoms with Gasteiger partial charge < -0.3 is 15.0 Å². The smallest absolute Gasteiger partial charge is 0.317 e. The van der Waals surface area contributed by atoms with Gasteiger partial charge in [0.2, 0.25) is 0 Å². The van der Waals surface area contributed by atoms with Gasteiger partial charge >= 0.3 is 6.03 Å². The third kappa shape index (κ3) is 4.98. The minimum atomic E-state index is 0.0151. The van der Waals surface area contributed by atoms with Crippen molar-refractivity contribution in [2.75, 3.05) is 39.9 Å². The van der Waals surface area contributed by atoms with Gasteiger partial charge in [-0.25, -0.2) is 4.79 Å². The Bertz CT molecular complexity index is 586. The molecule has 0 bridgehead atoms. The molecular formula is C19H33N5O2. The fraction of sp³-hybridized carbons (Fsp3) is 0.789. The van der Waals surface area contributed by atoms with Crippen LogP contribution in [0.15, 0.2) is 6.07 Å². The summed E-state index contributed by atoms with van der Waals surface area (Å²) in [5.74, 6) is 0.452. The molecule has 0 aliphatic carbocycles. The minimum Gasteiger partial charge on any atom is -0.384 e. The molecule has 0 radical (unpaired) electrons. The summed E-state index contributed by atoms with van der Waals surface area (Å²) in [4.78, 5) is 16.9. The zero-order valence-electron chi connectivity index (χ0n) is 16.2. The number of methoxy groups -OCH3 is 1. The number of amides is 2. The normalized spacial score (nSPS) is 20.8. The van der Waals surface area contributed by atoms with E-state index in [0.29, 0.717) is 12.5 Å². The van der Waals surface area contributed by atoms with E-state index in [4.69, 9.17) is 4.74 Å². The van der Waals surface area contributed by atoms with Crippen molar-refractivity contribution < 1.29 is 9.53 Å². The number of carbonyl (C=O) groups is 1. The lowest BCUT2D eigenvalue weighted by molar-refractivity contribution is 0.100. The number of carbonyl (C=O) groups excluding carboxylic acids is 1. The molecule has 3 rings (SSSR count). The fourth-order valence-electron chi connectivity index (χ4n) is 3.94. The molecule has 0 unspecified atom stereocenters. The number of likely N-dealkylation sites (tertiary alicyclic amines) is 1. The SMILES string of the molecule is CCCCN1CCn2nc(CNC(=O)N3CCC[C@H](COC)C3)cc2C1. The summed E-state index contributed by atoms with van der Waals surface area (Å²) < 4.78 is 7.34. The summed E-state index contributed by atoms with van der Waals surface area (Å²) in [5, 5.41) is 7.71. The molecule has 7 nitrogen and oxygen atoms in total. The predicted octanol–water partition coefficient (Wildman–Crippen LogP) is 2.07. The van der Waals surface area contributed by atoms with Crippen LogP contribution in [0.2, 0.25) is 0 Å². The van der Waals surface area contributed by atoms with Gasteiger partial charge in [0.05, 0.1) is 31.1 Å². The molecule has 1 fully saturated rings. The molecule has 2 aliphatic rings. The van der Waals surface area contributed by atoms with Crippen LogP contribution in [0.1, 0.15) is 44.0 Å². The second-order valence-electron chi connectivity index (χ2n) is 7.55. The van der Waals surface area contributed by atoms with Crippen molar-refractivity contribution in [3.05, 3.63) is 17.5 Å². The third-order valence-corrected chi connectivity index (χ3v) is 5.38. The van der Waals surface area contributed by atoms with Crippen LogP contribution in [-0.2, 0) is 24.4 Å². The highest BCUT2D eigenvalue weighted by molar-refractivity contribution is 5.74. The molecule has 26 heavy (non-hydrogen) atoms. The van der Waals surface area contributed by atoms with E-state index in [1.54, 1.807) is 7.11 Å². The van der Waals surface area contributed by atoms with Gasteiger partial charge in [0, 0.05) is 39.2 Å². The highest BCUT2D eigenvalue weighted by atomic mass is 16.5. The van der Waals surface area contributed by atoms with E-state index < -0.39 is 0 Å². The molecule has 146 valence electrons. The Balaban J connectivity index is 1.48. The van der Waals surface area contributed by atoms with Gasteiger partial charge in [0.25, 0.3) is 0 Å². The van der Waals surface area contributed by atoms with Crippen LogP contribution >= 0.6 is 0 Å². The Kier molecular flexibility index (Phi) is 6.91. The molecule has 2 aliphatic heterocycles. The number of piperidine rings is 1. The van der Waals surface area contributed by atoms with Crippen molar-refractivity contribution in [3.8, 4) is 0 Å². The lowest BCUT2D eigenvalue weighted by Gasteiger charge is -2.32. The first-order valence-electron chi connectivity index (χ1n) is 9.99. The van der Waals surface area contributed by atoms with Crippen LogP contribution in [0.25, 0.3) is 0 Å². The van der Waals surface area contributed by atoms with Crippen molar-refractivity contribution >= 4 is 6.03 Å². The molecule has 1 saturated heterocycles. The minimum absolute atomic E-state index is 0.0151.